The van der Waals surface area contributed by atoms with Gasteiger partial charge in [-0.1, -0.05) is 19.1 Å². The Kier molecular flexibility index (Phi) is 6.77. The molecule has 7 nitrogen and oxygen atoms in total. The number of hydrogen-bond acceptors (Lipinski definition) is 5. The van der Waals surface area contributed by atoms with E-state index in [1.165, 1.54) is 0 Å². The van der Waals surface area contributed by atoms with Gasteiger partial charge < -0.3 is 20.2 Å². The number of nitrogens with one attached hydrogen (secondary N) is 1. The van der Waals surface area contributed by atoms with Gasteiger partial charge in [-0.2, -0.15) is 0 Å². The van der Waals surface area contributed by atoms with Crippen LogP contribution in [-0.2, 0) is 11.2 Å². The Morgan fingerprint density at radius 3 is 2.43 bits per heavy atom. The van der Waals surface area contributed by atoms with Crippen molar-refractivity contribution in [2.24, 2.45) is 11.3 Å². The fraction of sp³-hybridized carbons (Fsp3) is 0.500. The van der Waals surface area contributed by atoms with Crippen molar-refractivity contribution in [1.82, 2.24) is 14.8 Å². The maximum absolute atomic E-state index is 12.4. The molecule has 1 saturated heterocycles. The van der Waals surface area contributed by atoms with Gasteiger partial charge in [-0.15, -0.1) is 11.3 Å². The number of aromatic nitrogens is 1. The van der Waals surface area contributed by atoms with E-state index in [1.54, 1.807) is 25.2 Å². The fourth-order valence-corrected chi connectivity index (χ4v) is 4.25. The number of piperazine rings is 1. The summed E-state index contributed by atoms with van der Waals surface area (Å²) in [4.78, 5) is 33.4. The predicted molar refractivity (Wildman–Crippen MR) is 120 cm³/mol. The van der Waals surface area contributed by atoms with Gasteiger partial charge in [0.2, 0.25) is 0 Å². The van der Waals surface area contributed by atoms with Gasteiger partial charge in [-0.25, -0.2) is 9.78 Å². The number of hydrogen-bond donors (Lipinski definition) is 2. The third kappa shape index (κ3) is 5.17. The van der Waals surface area contributed by atoms with Gasteiger partial charge in [0, 0.05) is 44.5 Å². The summed E-state index contributed by atoms with van der Waals surface area (Å²) >= 11 is 1.58. The van der Waals surface area contributed by atoms with Gasteiger partial charge in [0.1, 0.15) is 0 Å². The van der Waals surface area contributed by atoms with Crippen LogP contribution < -0.4 is 5.32 Å². The van der Waals surface area contributed by atoms with Gasteiger partial charge >= 0.3 is 12.0 Å². The van der Waals surface area contributed by atoms with E-state index in [9.17, 15) is 14.7 Å². The molecule has 0 aliphatic carbocycles. The normalized spacial score (nSPS) is 16.3. The van der Waals surface area contributed by atoms with E-state index in [-0.39, 0.29) is 11.9 Å². The van der Waals surface area contributed by atoms with Crippen LogP contribution >= 0.6 is 11.3 Å². The quantitative estimate of drug-likeness (QED) is 0.726. The van der Waals surface area contributed by atoms with Crippen molar-refractivity contribution in [1.29, 1.82) is 0 Å². The van der Waals surface area contributed by atoms with Gasteiger partial charge in [-0.05, 0) is 44.5 Å². The molecule has 2 aromatic rings. The van der Waals surface area contributed by atoms with Gasteiger partial charge in [0.15, 0.2) is 0 Å². The first-order valence-electron chi connectivity index (χ1n) is 10.2. The average Bonchev–Trinajstić information content (AvgIpc) is 3.17. The van der Waals surface area contributed by atoms with E-state index in [0.717, 1.165) is 47.3 Å². The van der Waals surface area contributed by atoms with E-state index < -0.39 is 11.4 Å². The van der Waals surface area contributed by atoms with Crippen molar-refractivity contribution in [2.75, 3.05) is 38.5 Å². The second-order valence-electron chi connectivity index (χ2n) is 8.55. The summed E-state index contributed by atoms with van der Waals surface area (Å²) in [5.74, 6) is -0.817. The van der Waals surface area contributed by atoms with Crippen LogP contribution in [0.4, 0.5) is 10.5 Å². The number of carbonyl (C=O) groups is 2. The SMILES string of the molecule is CC(Cc1ncc(-c2ccc(NC(=O)N3CCN(C)CC3)cc2)s1)C(C)(C)C(=O)O. The molecular formula is C22H30N4O3S. The molecule has 1 atom stereocenters. The van der Waals surface area contributed by atoms with Crippen molar-refractivity contribution < 1.29 is 14.7 Å². The van der Waals surface area contributed by atoms with E-state index in [4.69, 9.17) is 0 Å². The molecule has 2 heterocycles. The van der Waals surface area contributed by atoms with E-state index in [2.05, 4.69) is 22.2 Å². The van der Waals surface area contributed by atoms with Crippen molar-refractivity contribution in [2.45, 2.75) is 27.2 Å². The van der Waals surface area contributed by atoms with Gasteiger partial charge in [0.05, 0.1) is 15.3 Å². The first-order valence-corrected chi connectivity index (χ1v) is 11.0. The smallest absolute Gasteiger partial charge is 0.321 e. The minimum absolute atomic E-state index is 0.0267. The van der Waals surface area contributed by atoms with Gasteiger partial charge in [-0.3, -0.25) is 4.79 Å². The lowest BCUT2D eigenvalue weighted by atomic mass is 9.78. The molecule has 1 aromatic carbocycles. The zero-order valence-electron chi connectivity index (χ0n) is 18.0. The number of nitrogens with zero attached hydrogens (tertiary/aromatic N) is 3. The topological polar surface area (TPSA) is 85.8 Å². The highest BCUT2D eigenvalue weighted by Crippen LogP contribution is 2.33. The monoisotopic (exact) mass is 430 g/mol. The lowest BCUT2D eigenvalue weighted by Crippen LogP contribution is -2.48. The molecule has 0 radical (unpaired) electrons. The molecule has 3 rings (SSSR count). The summed E-state index contributed by atoms with van der Waals surface area (Å²) in [6, 6.07) is 7.69. The third-order valence-corrected chi connectivity index (χ3v) is 7.10. The summed E-state index contributed by atoms with van der Waals surface area (Å²) in [6.07, 6.45) is 2.46. The summed E-state index contributed by atoms with van der Waals surface area (Å²) in [5, 5.41) is 13.3. The zero-order chi connectivity index (χ0) is 21.9. The summed E-state index contributed by atoms with van der Waals surface area (Å²) in [6.45, 7) is 8.72. The van der Waals surface area contributed by atoms with E-state index >= 15 is 0 Å². The number of urea groups is 1. The van der Waals surface area contributed by atoms with Crippen LogP contribution in [0.15, 0.2) is 30.5 Å². The minimum atomic E-state index is -0.796. The van der Waals surface area contributed by atoms with Crippen LogP contribution in [-0.4, -0.2) is 65.1 Å². The number of likely N-dealkylation sites (N-methyl/N-ethyl adjacent to an activating group) is 1. The van der Waals surface area contributed by atoms with Crippen LogP contribution in [0.2, 0.25) is 0 Å². The first-order chi connectivity index (χ1) is 14.2. The van der Waals surface area contributed by atoms with Crippen molar-refractivity contribution in [3.05, 3.63) is 35.5 Å². The fourth-order valence-electron chi connectivity index (χ4n) is 3.20. The molecule has 2 N–H and O–H groups in total. The predicted octanol–water partition coefficient (Wildman–Crippen LogP) is 3.88. The maximum Gasteiger partial charge on any atom is 0.321 e. The first kappa shape index (κ1) is 22.2. The molecule has 0 bridgehead atoms. The minimum Gasteiger partial charge on any atom is -0.481 e. The average molecular weight is 431 g/mol. The molecule has 0 spiro atoms. The maximum atomic E-state index is 12.4. The molecule has 162 valence electrons. The molecule has 1 unspecified atom stereocenters. The number of carboxylic acids is 1. The summed E-state index contributed by atoms with van der Waals surface area (Å²) in [5.41, 5.74) is 1.00. The molecule has 1 aromatic heterocycles. The largest absolute Gasteiger partial charge is 0.481 e. The molecule has 30 heavy (non-hydrogen) atoms. The number of amides is 2. The number of carbonyl (C=O) groups excluding carboxylic acids is 1. The Labute approximate surface area is 181 Å². The van der Waals surface area contributed by atoms with Gasteiger partial charge in [0.25, 0.3) is 0 Å². The van der Waals surface area contributed by atoms with E-state index in [0.29, 0.717) is 6.42 Å². The van der Waals surface area contributed by atoms with Crippen molar-refractivity contribution in [3.8, 4) is 10.4 Å². The number of rotatable bonds is 6. The van der Waals surface area contributed by atoms with Crippen LogP contribution in [0.5, 0.6) is 0 Å². The molecule has 0 saturated carbocycles. The molecule has 1 aliphatic heterocycles. The highest BCUT2D eigenvalue weighted by Gasteiger charge is 2.34. The highest BCUT2D eigenvalue weighted by molar-refractivity contribution is 7.15. The molecule has 1 fully saturated rings. The Bertz CT molecular complexity index is 886. The number of aliphatic carboxylic acids is 1. The molecular weight excluding hydrogens is 400 g/mol. The lowest BCUT2D eigenvalue weighted by Gasteiger charge is -2.32. The Morgan fingerprint density at radius 1 is 1.20 bits per heavy atom. The molecule has 2 amide bonds. The van der Waals surface area contributed by atoms with Crippen molar-refractivity contribution in [3.63, 3.8) is 0 Å². The Morgan fingerprint density at radius 2 is 1.83 bits per heavy atom. The van der Waals surface area contributed by atoms with Crippen LogP contribution in [0.25, 0.3) is 10.4 Å². The number of anilines is 1. The second-order valence-corrected chi connectivity index (χ2v) is 9.66. The van der Waals surface area contributed by atoms with Crippen LogP contribution in [0.1, 0.15) is 25.8 Å². The second kappa shape index (κ2) is 9.14. The Hall–Kier alpha value is -2.45. The van der Waals surface area contributed by atoms with E-state index in [1.807, 2.05) is 42.3 Å². The van der Waals surface area contributed by atoms with Crippen LogP contribution in [0.3, 0.4) is 0 Å². The summed E-state index contributed by atoms with van der Waals surface area (Å²) < 4.78 is 0. The zero-order valence-corrected chi connectivity index (χ0v) is 18.8. The molecule has 8 heteroatoms. The third-order valence-electron chi connectivity index (χ3n) is 6.03. The number of benzene rings is 1. The highest BCUT2D eigenvalue weighted by atomic mass is 32.1. The lowest BCUT2D eigenvalue weighted by molar-refractivity contribution is -0.149. The number of thiazole rings is 1. The summed E-state index contributed by atoms with van der Waals surface area (Å²) in [7, 11) is 2.06. The van der Waals surface area contributed by atoms with Crippen LogP contribution in [0, 0.1) is 11.3 Å². The molecule has 1 aliphatic rings. The Balaban J connectivity index is 1.60. The van der Waals surface area contributed by atoms with Crippen molar-refractivity contribution >= 4 is 29.0 Å². The number of carboxylic acid groups (broad SMARTS) is 1. The standard InChI is InChI=1S/C22H30N4O3S/c1-15(22(2,3)20(27)28)13-19-23-14-18(30-19)16-5-7-17(8-6-16)24-21(29)26-11-9-25(4)10-12-26/h5-8,14-15H,9-13H2,1-4H3,(H,24,29)(H,27,28).